The Morgan fingerprint density at radius 3 is 2.65 bits per heavy atom. The van der Waals surface area contributed by atoms with Crippen LogP contribution in [-0.4, -0.2) is 29.9 Å². The van der Waals surface area contributed by atoms with Crippen LogP contribution in [0.2, 0.25) is 0 Å². The fraction of sp³-hybridized carbons (Fsp3) is 0.333. The Kier molecular flexibility index (Phi) is 2.98. The van der Waals surface area contributed by atoms with Gasteiger partial charge in [0, 0.05) is 10.7 Å². The molecule has 0 radical (unpaired) electrons. The third-order valence-corrected chi connectivity index (χ3v) is 2.63. The van der Waals surface area contributed by atoms with Crippen molar-refractivity contribution in [3.63, 3.8) is 0 Å². The van der Waals surface area contributed by atoms with Gasteiger partial charge in [0.15, 0.2) is 0 Å². The van der Waals surface area contributed by atoms with Crippen molar-refractivity contribution < 1.29 is 22.7 Å². The molecule has 17 heavy (non-hydrogen) atoms. The maximum absolute atomic E-state index is 12.4. The predicted octanol–water partition coefficient (Wildman–Crippen LogP) is 2.73. The van der Waals surface area contributed by atoms with Gasteiger partial charge in [0.25, 0.3) is 0 Å². The van der Waals surface area contributed by atoms with E-state index in [0.717, 1.165) is 4.90 Å². The summed E-state index contributed by atoms with van der Waals surface area (Å²) in [4.78, 5) is 16.0. The molecule has 0 aromatic carbocycles. The monoisotopic (exact) mass is 310 g/mol. The van der Waals surface area contributed by atoms with Crippen molar-refractivity contribution >= 4 is 27.8 Å². The van der Waals surface area contributed by atoms with Crippen LogP contribution < -0.4 is 4.90 Å². The average molecular weight is 311 g/mol. The summed E-state index contributed by atoms with van der Waals surface area (Å²) in [7, 11) is 0. The molecule has 1 aliphatic heterocycles. The van der Waals surface area contributed by atoms with E-state index >= 15 is 0 Å². The molecule has 92 valence electrons. The zero-order valence-electron chi connectivity index (χ0n) is 8.24. The fourth-order valence-electron chi connectivity index (χ4n) is 1.35. The number of nitrogens with zero attached hydrogens (tertiary/aromatic N) is 2. The van der Waals surface area contributed by atoms with E-state index in [0.29, 0.717) is 4.47 Å². The van der Waals surface area contributed by atoms with E-state index in [4.69, 9.17) is 0 Å². The van der Waals surface area contributed by atoms with Crippen molar-refractivity contribution in [3.05, 3.63) is 22.8 Å². The molecule has 1 aromatic heterocycles. The molecule has 1 saturated heterocycles. The van der Waals surface area contributed by atoms with Crippen LogP contribution in [0.1, 0.15) is 0 Å². The Labute approximate surface area is 103 Å². The summed E-state index contributed by atoms with van der Waals surface area (Å²) in [6.45, 7) is -0.572. The number of ether oxygens (including phenoxy) is 1. The highest BCUT2D eigenvalue weighted by atomic mass is 79.9. The summed E-state index contributed by atoms with van der Waals surface area (Å²) < 4.78 is 42.0. The van der Waals surface area contributed by atoms with Crippen molar-refractivity contribution in [2.24, 2.45) is 0 Å². The first-order valence-electron chi connectivity index (χ1n) is 4.54. The number of anilines is 1. The van der Waals surface area contributed by atoms with Gasteiger partial charge in [-0.15, -0.1) is 0 Å². The lowest BCUT2D eigenvalue weighted by Crippen LogP contribution is -2.33. The molecule has 0 saturated carbocycles. The summed E-state index contributed by atoms with van der Waals surface area (Å²) in [6.07, 6.45) is -6.30. The van der Waals surface area contributed by atoms with Crippen LogP contribution in [0, 0.1) is 0 Å². The molecular formula is C9H6BrF3N2O2. The minimum absolute atomic E-state index is 0.130. The van der Waals surface area contributed by atoms with E-state index in [1.165, 1.54) is 12.3 Å². The standard InChI is InChI=1S/C9H6BrF3N2O2/c10-5-1-2-7(14-3-5)15-4-6(9(11,12)13)17-8(15)16/h1-3,6H,4H2. The molecule has 1 atom stereocenters. The van der Waals surface area contributed by atoms with Crippen LogP contribution in [0.3, 0.4) is 0 Å². The summed E-state index contributed by atoms with van der Waals surface area (Å²) in [5.41, 5.74) is 0. The zero-order valence-corrected chi connectivity index (χ0v) is 9.83. The van der Waals surface area contributed by atoms with Gasteiger partial charge in [0.2, 0.25) is 6.10 Å². The molecule has 4 nitrogen and oxygen atoms in total. The zero-order chi connectivity index (χ0) is 12.6. The van der Waals surface area contributed by atoms with Crippen molar-refractivity contribution in [3.8, 4) is 0 Å². The van der Waals surface area contributed by atoms with Crippen LogP contribution in [0.15, 0.2) is 22.8 Å². The molecule has 1 amide bonds. The van der Waals surface area contributed by atoms with Crippen molar-refractivity contribution in [1.82, 2.24) is 4.98 Å². The number of carbonyl (C=O) groups excluding carboxylic acids is 1. The molecule has 1 unspecified atom stereocenters. The van der Waals surface area contributed by atoms with Crippen LogP contribution in [0.4, 0.5) is 23.8 Å². The molecule has 1 aromatic rings. The first kappa shape index (κ1) is 12.2. The highest BCUT2D eigenvalue weighted by Crippen LogP contribution is 2.30. The molecule has 0 spiro atoms. The molecule has 0 aliphatic carbocycles. The SMILES string of the molecule is O=C1OC(C(F)(F)F)CN1c1ccc(Br)cn1. The van der Waals surface area contributed by atoms with Gasteiger partial charge >= 0.3 is 12.3 Å². The Hall–Kier alpha value is -1.31. The van der Waals surface area contributed by atoms with Gasteiger partial charge in [-0.05, 0) is 28.1 Å². The maximum atomic E-state index is 12.4. The number of cyclic esters (lactones) is 1. The van der Waals surface area contributed by atoms with Gasteiger partial charge < -0.3 is 4.74 Å². The molecule has 1 aliphatic rings. The quantitative estimate of drug-likeness (QED) is 0.801. The van der Waals surface area contributed by atoms with Gasteiger partial charge in [-0.1, -0.05) is 0 Å². The minimum Gasteiger partial charge on any atom is -0.434 e. The van der Waals surface area contributed by atoms with E-state index < -0.39 is 24.9 Å². The number of amides is 1. The topological polar surface area (TPSA) is 42.4 Å². The first-order chi connectivity index (χ1) is 7.88. The Bertz CT molecular complexity index is 435. The first-order valence-corrected chi connectivity index (χ1v) is 5.33. The third-order valence-electron chi connectivity index (χ3n) is 2.17. The Morgan fingerprint density at radius 1 is 1.47 bits per heavy atom. The van der Waals surface area contributed by atoms with E-state index in [1.54, 1.807) is 6.07 Å². The molecule has 2 heterocycles. The lowest BCUT2D eigenvalue weighted by Gasteiger charge is -2.13. The highest BCUT2D eigenvalue weighted by molar-refractivity contribution is 9.10. The second-order valence-corrected chi connectivity index (χ2v) is 4.27. The van der Waals surface area contributed by atoms with Gasteiger partial charge in [-0.2, -0.15) is 13.2 Å². The van der Waals surface area contributed by atoms with E-state index in [2.05, 4.69) is 25.7 Å². The highest BCUT2D eigenvalue weighted by Gasteiger charge is 2.49. The Balaban J connectivity index is 2.19. The molecule has 8 heteroatoms. The number of halogens is 4. The molecular weight excluding hydrogens is 305 g/mol. The maximum Gasteiger partial charge on any atom is 0.427 e. The van der Waals surface area contributed by atoms with Gasteiger partial charge in [-0.3, -0.25) is 4.90 Å². The Morgan fingerprint density at radius 2 is 2.18 bits per heavy atom. The van der Waals surface area contributed by atoms with E-state index in [-0.39, 0.29) is 5.82 Å². The largest absolute Gasteiger partial charge is 0.434 e. The van der Waals surface area contributed by atoms with Gasteiger partial charge in [-0.25, -0.2) is 9.78 Å². The van der Waals surface area contributed by atoms with Crippen LogP contribution in [-0.2, 0) is 4.74 Å². The van der Waals surface area contributed by atoms with E-state index in [1.807, 2.05) is 0 Å². The average Bonchev–Trinajstić information content (AvgIpc) is 2.61. The predicted molar refractivity (Wildman–Crippen MR) is 55.6 cm³/mol. The van der Waals surface area contributed by atoms with Crippen LogP contribution >= 0.6 is 15.9 Å². The number of aromatic nitrogens is 1. The summed E-state index contributed by atoms with van der Waals surface area (Å²) in [6, 6.07) is 3.01. The number of rotatable bonds is 1. The molecule has 1 fully saturated rings. The summed E-state index contributed by atoms with van der Waals surface area (Å²) >= 11 is 3.14. The number of hydrogen-bond donors (Lipinski definition) is 0. The van der Waals surface area contributed by atoms with Crippen LogP contribution in [0.25, 0.3) is 0 Å². The fourth-order valence-corrected chi connectivity index (χ4v) is 1.58. The second kappa shape index (κ2) is 4.17. The number of carbonyl (C=O) groups is 1. The normalized spacial score (nSPS) is 20.6. The molecule has 0 N–H and O–H groups in total. The van der Waals surface area contributed by atoms with Crippen molar-refractivity contribution in [2.75, 3.05) is 11.4 Å². The lowest BCUT2D eigenvalue weighted by atomic mass is 10.3. The summed E-state index contributed by atoms with van der Waals surface area (Å²) in [5, 5.41) is 0. The van der Waals surface area contributed by atoms with Crippen molar-refractivity contribution in [1.29, 1.82) is 0 Å². The number of alkyl halides is 3. The van der Waals surface area contributed by atoms with Crippen LogP contribution in [0.5, 0.6) is 0 Å². The van der Waals surface area contributed by atoms with Crippen molar-refractivity contribution in [2.45, 2.75) is 12.3 Å². The molecule has 2 rings (SSSR count). The van der Waals surface area contributed by atoms with Gasteiger partial charge in [0.05, 0.1) is 6.54 Å². The van der Waals surface area contributed by atoms with E-state index in [9.17, 15) is 18.0 Å². The number of pyridine rings is 1. The van der Waals surface area contributed by atoms with Gasteiger partial charge in [0.1, 0.15) is 5.82 Å². The second-order valence-electron chi connectivity index (χ2n) is 3.36. The lowest BCUT2D eigenvalue weighted by molar-refractivity contribution is -0.191. The summed E-state index contributed by atoms with van der Waals surface area (Å²) in [5.74, 6) is 0.130. The minimum atomic E-state index is -4.56. The number of hydrogen-bond acceptors (Lipinski definition) is 3. The molecule has 0 bridgehead atoms. The third kappa shape index (κ3) is 2.51. The smallest absolute Gasteiger partial charge is 0.427 e.